The van der Waals surface area contributed by atoms with Crippen LogP contribution in [-0.2, 0) is 10.8 Å². The second kappa shape index (κ2) is 10.2. The highest BCUT2D eigenvalue weighted by Crippen LogP contribution is 2.41. The lowest BCUT2D eigenvalue weighted by Gasteiger charge is -2.21. The van der Waals surface area contributed by atoms with Crippen molar-refractivity contribution in [2.24, 2.45) is 0 Å². The number of aromatic nitrogens is 2. The molecule has 1 aliphatic rings. The molecule has 5 heteroatoms. The van der Waals surface area contributed by atoms with Crippen molar-refractivity contribution in [3.63, 3.8) is 0 Å². The summed E-state index contributed by atoms with van der Waals surface area (Å²) < 4.78 is 33.0. The summed E-state index contributed by atoms with van der Waals surface area (Å²) in [6.07, 6.45) is 1.90. The molecule has 5 nitrogen and oxygen atoms in total. The molecule has 0 N–H and O–H groups in total. The quantitative estimate of drug-likeness (QED) is 0.207. The lowest BCUT2D eigenvalue weighted by atomic mass is 9.86. The third kappa shape index (κ3) is 4.86. The number of rotatable bonds is 4. The molecule has 1 aliphatic heterocycles. The first-order valence-electron chi connectivity index (χ1n) is 16.7. The maximum atomic E-state index is 8.07. The molecular weight excluding hydrogens is 540 g/mol. The van der Waals surface area contributed by atoms with E-state index < -0.39 is 6.98 Å². The van der Waals surface area contributed by atoms with Crippen molar-refractivity contribution in [3.05, 3.63) is 114 Å². The van der Waals surface area contributed by atoms with Crippen molar-refractivity contribution < 1.29 is 8.85 Å². The number of pyridine rings is 1. The first kappa shape index (κ1) is 24.6. The van der Waals surface area contributed by atoms with Crippen molar-refractivity contribution in [2.75, 3.05) is 23.4 Å². The van der Waals surface area contributed by atoms with Crippen molar-refractivity contribution in [1.82, 2.24) is 9.55 Å². The van der Waals surface area contributed by atoms with E-state index in [2.05, 4.69) is 88.6 Å². The van der Waals surface area contributed by atoms with E-state index in [4.69, 9.17) is 13.8 Å². The molecule has 0 aliphatic carbocycles. The van der Waals surface area contributed by atoms with E-state index in [1.54, 1.807) is 0 Å². The van der Waals surface area contributed by atoms with Crippen LogP contribution < -0.4 is 14.5 Å². The average Bonchev–Trinajstić information content (AvgIpc) is 3.56. The Morgan fingerprint density at radius 3 is 2.11 bits per heavy atom. The zero-order valence-corrected chi connectivity index (χ0v) is 26.2. The second-order valence-corrected chi connectivity index (χ2v) is 13.7. The number of fused-ring (bicyclic) bond motifs is 4. The van der Waals surface area contributed by atoms with Crippen LogP contribution in [0.4, 0.5) is 17.1 Å². The highest BCUT2D eigenvalue weighted by molar-refractivity contribution is 6.09. The Morgan fingerprint density at radius 1 is 0.682 bits per heavy atom. The summed E-state index contributed by atoms with van der Waals surface area (Å²) in [5.41, 5.74) is 6.96. The number of para-hydroxylation sites is 2. The van der Waals surface area contributed by atoms with E-state index in [0.717, 1.165) is 39.0 Å². The molecule has 0 unspecified atom stereocenters. The van der Waals surface area contributed by atoms with E-state index in [9.17, 15) is 0 Å². The molecule has 0 spiro atoms. The van der Waals surface area contributed by atoms with Crippen LogP contribution in [0.5, 0.6) is 11.5 Å². The Bertz CT molecular complexity index is 2140. The fourth-order valence-electron chi connectivity index (χ4n) is 6.07. The predicted molar refractivity (Wildman–Crippen MR) is 184 cm³/mol. The van der Waals surface area contributed by atoms with E-state index in [1.165, 1.54) is 16.0 Å². The van der Waals surface area contributed by atoms with Gasteiger partial charge in [0.2, 0.25) is 0 Å². The third-order valence-electron chi connectivity index (χ3n) is 8.56. The molecule has 0 bridgehead atoms. The van der Waals surface area contributed by atoms with Crippen LogP contribution in [0.15, 0.2) is 103 Å². The highest BCUT2D eigenvalue weighted by Gasteiger charge is 2.25. The summed E-state index contributed by atoms with van der Waals surface area (Å²) in [7, 11) is 0. The van der Waals surface area contributed by atoms with Gasteiger partial charge in [-0.25, -0.2) is 4.98 Å². The fraction of sp³-hybridized carbons (Fsp3) is 0.256. The number of hydrogen-bond donors (Lipinski definition) is 0. The molecule has 7 rings (SSSR count). The number of hydrogen-bond acceptors (Lipinski definition) is 4. The molecular formula is C39H40N4O. The molecule has 0 saturated carbocycles. The van der Waals surface area contributed by atoms with Crippen LogP contribution >= 0.6 is 0 Å². The van der Waals surface area contributed by atoms with Crippen molar-refractivity contribution in [3.8, 4) is 17.3 Å². The summed E-state index contributed by atoms with van der Waals surface area (Å²) in [6.45, 7) is 11.3. The molecule has 0 radical (unpaired) electrons. The Hall–Kier alpha value is -4.77. The van der Waals surface area contributed by atoms with Crippen LogP contribution in [0.1, 0.15) is 56.8 Å². The van der Waals surface area contributed by atoms with Gasteiger partial charge in [0, 0.05) is 45.9 Å². The molecule has 2 aromatic heterocycles. The zero-order valence-electron chi connectivity index (χ0n) is 29.2. The van der Waals surface area contributed by atoms with E-state index in [0.29, 0.717) is 17.2 Å². The van der Waals surface area contributed by atoms with Gasteiger partial charge in [-0.15, -0.1) is 0 Å². The van der Waals surface area contributed by atoms with Gasteiger partial charge in [-0.3, -0.25) is 4.57 Å². The minimum atomic E-state index is -2.25. The maximum Gasteiger partial charge on any atom is 0.137 e. The van der Waals surface area contributed by atoms with Gasteiger partial charge in [0.25, 0.3) is 0 Å². The number of ether oxygens (including phenoxy) is 1. The van der Waals surface area contributed by atoms with Crippen LogP contribution in [-0.4, -0.2) is 23.2 Å². The Labute approximate surface area is 264 Å². The molecule has 222 valence electrons. The van der Waals surface area contributed by atoms with E-state index in [-0.39, 0.29) is 17.5 Å². The smallest absolute Gasteiger partial charge is 0.137 e. The summed E-state index contributed by atoms with van der Waals surface area (Å²) in [4.78, 5) is 8.34. The highest BCUT2D eigenvalue weighted by atomic mass is 16.5. The standard InChI is InChI=1S/C39H40N4O/c1-38(2,3)26-15-17-31-32-18-16-30(24-36(32)43(35(31)21-26)37-22-27(19-20-40-37)39(4,5)6)44-29-12-10-11-28(23-29)42-25-41(7)33-13-8-9-14-34(33)42/h8-24H,25H2,1-7H3/i7D3. The normalized spacial score (nSPS) is 14.9. The van der Waals surface area contributed by atoms with E-state index >= 15 is 0 Å². The van der Waals surface area contributed by atoms with Gasteiger partial charge in [-0.2, -0.15) is 0 Å². The third-order valence-corrected chi connectivity index (χ3v) is 8.56. The Morgan fingerprint density at radius 2 is 1.36 bits per heavy atom. The minimum absolute atomic E-state index is 0.00811. The summed E-state index contributed by atoms with van der Waals surface area (Å²) in [5.74, 6) is 2.24. The van der Waals surface area contributed by atoms with Crippen LogP contribution in [0.3, 0.4) is 0 Å². The minimum Gasteiger partial charge on any atom is -0.457 e. The second-order valence-electron chi connectivity index (χ2n) is 13.7. The van der Waals surface area contributed by atoms with Crippen molar-refractivity contribution in [1.29, 1.82) is 0 Å². The topological polar surface area (TPSA) is 33.5 Å². The molecule has 0 fully saturated rings. The van der Waals surface area contributed by atoms with Crippen molar-refractivity contribution in [2.45, 2.75) is 52.4 Å². The molecule has 0 saturated heterocycles. The lowest BCUT2D eigenvalue weighted by molar-refractivity contribution is 0.483. The van der Waals surface area contributed by atoms with Gasteiger partial charge in [0.15, 0.2) is 0 Å². The molecule has 6 aromatic rings. The van der Waals surface area contributed by atoms with Gasteiger partial charge in [0.05, 0.1) is 29.1 Å². The first-order valence-corrected chi connectivity index (χ1v) is 15.2. The SMILES string of the molecule is [2H]C([2H])([2H])N1CN(c2cccc(Oc3ccc4c5ccc(C(C)(C)C)cc5n(-c5cc(C(C)(C)C)ccn5)c4c3)c2)c2ccccc21. The van der Waals surface area contributed by atoms with Gasteiger partial charge < -0.3 is 14.5 Å². The predicted octanol–water partition coefficient (Wildman–Crippen LogP) is 10.1. The molecule has 44 heavy (non-hydrogen) atoms. The van der Waals surface area contributed by atoms with Gasteiger partial charge in [-0.1, -0.05) is 71.9 Å². The molecule has 0 amide bonds. The fourth-order valence-corrected chi connectivity index (χ4v) is 6.07. The van der Waals surface area contributed by atoms with Crippen LogP contribution in [0.25, 0.3) is 27.6 Å². The summed E-state index contributed by atoms with van der Waals surface area (Å²) in [5, 5.41) is 2.29. The maximum absolute atomic E-state index is 8.07. The van der Waals surface area contributed by atoms with Crippen molar-refractivity contribution >= 4 is 38.9 Å². The summed E-state index contributed by atoms with van der Waals surface area (Å²) in [6, 6.07) is 32.7. The van der Waals surface area contributed by atoms with Crippen LogP contribution in [0, 0.1) is 0 Å². The van der Waals surface area contributed by atoms with Gasteiger partial charge >= 0.3 is 0 Å². The lowest BCUT2D eigenvalue weighted by Crippen LogP contribution is -2.23. The average molecular weight is 584 g/mol. The van der Waals surface area contributed by atoms with E-state index in [1.807, 2.05) is 65.7 Å². The monoisotopic (exact) mass is 583 g/mol. The Kier molecular flexibility index (Phi) is 5.69. The van der Waals surface area contributed by atoms with Gasteiger partial charge in [0.1, 0.15) is 17.3 Å². The zero-order chi connectivity index (χ0) is 33.3. The number of nitrogens with zero attached hydrogens (tertiary/aromatic N) is 4. The summed E-state index contributed by atoms with van der Waals surface area (Å²) >= 11 is 0. The molecule has 0 atom stereocenters. The molecule has 3 heterocycles. The van der Waals surface area contributed by atoms with Gasteiger partial charge in [-0.05, 0) is 76.6 Å². The largest absolute Gasteiger partial charge is 0.457 e. The van der Waals surface area contributed by atoms with Crippen LogP contribution in [0.2, 0.25) is 0 Å². The first-order chi connectivity index (χ1) is 22.2. The molecule has 4 aromatic carbocycles. The number of anilines is 3. The Balaban J connectivity index is 1.32. The number of benzene rings is 4.